The van der Waals surface area contributed by atoms with Crippen molar-refractivity contribution in [2.24, 2.45) is 0 Å². The van der Waals surface area contributed by atoms with E-state index < -0.39 is 0 Å². The number of anilines is 3. The summed E-state index contributed by atoms with van der Waals surface area (Å²) in [6.45, 7) is 0.636. The quantitative estimate of drug-likeness (QED) is 0.724. The van der Waals surface area contributed by atoms with Crippen molar-refractivity contribution in [1.29, 1.82) is 5.26 Å². The molecule has 24 heavy (non-hydrogen) atoms. The number of rotatable bonds is 5. The number of nitriles is 1. The molecule has 0 aliphatic rings. The fourth-order valence-electron chi connectivity index (χ4n) is 2.13. The van der Waals surface area contributed by atoms with Gasteiger partial charge in [-0.15, -0.1) is 0 Å². The third kappa shape index (κ3) is 4.22. The molecule has 0 spiro atoms. The first-order valence-corrected chi connectivity index (χ1v) is 7.68. The monoisotopic (exact) mass is 335 g/mol. The molecule has 0 fully saturated rings. The van der Waals surface area contributed by atoms with Gasteiger partial charge in [-0.25, -0.2) is 9.97 Å². The van der Waals surface area contributed by atoms with Crippen LogP contribution in [0.15, 0.2) is 60.9 Å². The van der Waals surface area contributed by atoms with E-state index in [0.29, 0.717) is 28.8 Å². The van der Waals surface area contributed by atoms with E-state index in [4.69, 9.17) is 16.9 Å². The Labute approximate surface area is 145 Å². The molecule has 118 valence electrons. The molecule has 5 nitrogen and oxygen atoms in total. The number of benzene rings is 2. The highest BCUT2D eigenvalue weighted by atomic mass is 35.5. The molecule has 2 aromatic carbocycles. The molecular weight excluding hydrogens is 322 g/mol. The van der Waals surface area contributed by atoms with Gasteiger partial charge in [0.2, 0.25) is 0 Å². The summed E-state index contributed by atoms with van der Waals surface area (Å²) in [6, 6.07) is 18.8. The lowest BCUT2D eigenvalue weighted by molar-refractivity contribution is 1.08. The second-order valence-electron chi connectivity index (χ2n) is 5.09. The first-order chi connectivity index (χ1) is 11.7. The zero-order chi connectivity index (χ0) is 16.8. The van der Waals surface area contributed by atoms with Crippen LogP contribution >= 0.6 is 11.6 Å². The zero-order valence-corrected chi connectivity index (χ0v) is 13.5. The Morgan fingerprint density at radius 3 is 2.58 bits per heavy atom. The topological polar surface area (TPSA) is 73.6 Å². The van der Waals surface area contributed by atoms with Crippen molar-refractivity contribution in [3.8, 4) is 6.07 Å². The Kier molecular flexibility index (Phi) is 4.90. The van der Waals surface area contributed by atoms with Gasteiger partial charge in [-0.3, -0.25) is 0 Å². The first kappa shape index (κ1) is 15.8. The normalized spacial score (nSPS) is 10.0. The molecule has 0 aliphatic heterocycles. The van der Waals surface area contributed by atoms with Gasteiger partial charge in [-0.2, -0.15) is 5.26 Å². The second kappa shape index (κ2) is 7.44. The Bertz CT molecular complexity index is 871. The predicted octanol–water partition coefficient (Wildman–Crippen LogP) is 4.36. The molecule has 1 heterocycles. The summed E-state index contributed by atoms with van der Waals surface area (Å²) in [5, 5.41) is 16.1. The van der Waals surface area contributed by atoms with Gasteiger partial charge in [0.25, 0.3) is 0 Å². The van der Waals surface area contributed by atoms with Crippen molar-refractivity contribution in [2.45, 2.75) is 6.54 Å². The van der Waals surface area contributed by atoms with E-state index >= 15 is 0 Å². The van der Waals surface area contributed by atoms with Crippen LogP contribution in [0.4, 0.5) is 17.3 Å². The molecule has 0 atom stereocenters. The standard InChI is InChI=1S/C18H14ClN5/c19-15-6-4-13(5-7-15)11-21-17-9-18(23-12-22-17)24-16-3-1-2-14(8-16)10-20/h1-9,12H,11H2,(H2,21,22,23,24). The van der Waals surface area contributed by atoms with Crippen LogP contribution in [0.2, 0.25) is 5.02 Å². The number of halogens is 1. The van der Waals surface area contributed by atoms with Crippen LogP contribution in [-0.4, -0.2) is 9.97 Å². The first-order valence-electron chi connectivity index (χ1n) is 7.30. The van der Waals surface area contributed by atoms with E-state index in [0.717, 1.165) is 11.3 Å². The van der Waals surface area contributed by atoms with Crippen LogP contribution in [-0.2, 0) is 6.54 Å². The van der Waals surface area contributed by atoms with E-state index in [2.05, 4.69) is 26.7 Å². The number of hydrogen-bond acceptors (Lipinski definition) is 5. The average Bonchev–Trinajstić information content (AvgIpc) is 2.62. The van der Waals surface area contributed by atoms with E-state index in [1.807, 2.05) is 42.5 Å². The van der Waals surface area contributed by atoms with Crippen molar-refractivity contribution in [1.82, 2.24) is 9.97 Å². The van der Waals surface area contributed by atoms with Gasteiger partial charge in [0.15, 0.2) is 0 Å². The minimum Gasteiger partial charge on any atom is -0.366 e. The van der Waals surface area contributed by atoms with Gasteiger partial charge in [-0.05, 0) is 35.9 Å². The fraction of sp³-hybridized carbons (Fsp3) is 0.0556. The highest BCUT2D eigenvalue weighted by Crippen LogP contribution is 2.18. The average molecular weight is 336 g/mol. The van der Waals surface area contributed by atoms with Crippen LogP contribution in [0.5, 0.6) is 0 Å². The molecule has 0 saturated carbocycles. The van der Waals surface area contributed by atoms with Crippen molar-refractivity contribution in [3.05, 3.63) is 77.1 Å². The van der Waals surface area contributed by atoms with Crippen molar-refractivity contribution in [2.75, 3.05) is 10.6 Å². The largest absolute Gasteiger partial charge is 0.366 e. The smallest absolute Gasteiger partial charge is 0.135 e. The molecule has 6 heteroatoms. The van der Waals surface area contributed by atoms with Crippen LogP contribution in [0.25, 0.3) is 0 Å². The fourth-order valence-corrected chi connectivity index (χ4v) is 2.26. The Morgan fingerprint density at radius 2 is 1.79 bits per heavy atom. The van der Waals surface area contributed by atoms with E-state index in [-0.39, 0.29) is 0 Å². The van der Waals surface area contributed by atoms with Crippen LogP contribution in [0, 0.1) is 11.3 Å². The minimum absolute atomic E-state index is 0.593. The van der Waals surface area contributed by atoms with Gasteiger partial charge < -0.3 is 10.6 Å². The third-order valence-electron chi connectivity index (χ3n) is 3.32. The number of hydrogen-bond donors (Lipinski definition) is 2. The molecular formula is C18H14ClN5. The Hall–Kier alpha value is -3.10. The maximum absolute atomic E-state index is 8.95. The van der Waals surface area contributed by atoms with Crippen LogP contribution < -0.4 is 10.6 Å². The molecule has 0 aliphatic carbocycles. The van der Waals surface area contributed by atoms with Crippen molar-refractivity contribution < 1.29 is 0 Å². The van der Waals surface area contributed by atoms with Gasteiger partial charge in [0.1, 0.15) is 18.0 Å². The molecule has 0 bridgehead atoms. The van der Waals surface area contributed by atoms with Crippen LogP contribution in [0.1, 0.15) is 11.1 Å². The van der Waals surface area contributed by atoms with Crippen LogP contribution in [0.3, 0.4) is 0 Å². The van der Waals surface area contributed by atoms with E-state index in [1.165, 1.54) is 6.33 Å². The summed E-state index contributed by atoms with van der Waals surface area (Å²) in [6.07, 6.45) is 1.49. The molecule has 0 radical (unpaired) electrons. The minimum atomic E-state index is 0.593. The van der Waals surface area contributed by atoms with Gasteiger partial charge in [-0.1, -0.05) is 29.8 Å². The second-order valence-corrected chi connectivity index (χ2v) is 5.52. The summed E-state index contributed by atoms with van der Waals surface area (Å²) in [4.78, 5) is 8.40. The third-order valence-corrected chi connectivity index (χ3v) is 3.57. The predicted molar refractivity (Wildman–Crippen MR) is 95.3 cm³/mol. The van der Waals surface area contributed by atoms with Crippen molar-refractivity contribution >= 4 is 28.9 Å². The summed E-state index contributed by atoms with van der Waals surface area (Å²) in [5.41, 5.74) is 2.50. The van der Waals surface area contributed by atoms with Gasteiger partial charge >= 0.3 is 0 Å². The molecule has 0 unspecified atom stereocenters. The number of nitrogens with one attached hydrogen (secondary N) is 2. The molecule has 0 amide bonds. The summed E-state index contributed by atoms with van der Waals surface area (Å²) in [7, 11) is 0. The molecule has 3 rings (SSSR count). The number of aromatic nitrogens is 2. The molecule has 1 aromatic heterocycles. The highest BCUT2D eigenvalue weighted by Gasteiger charge is 2.01. The Balaban J connectivity index is 1.67. The maximum Gasteiger partial charge on any atom is 0.135 e. The lowest BCUT2D eigenvalue weighted by atomic mass is 10.2. The summed E-state index contributed by atoms with van der Waals surface area (Å²) < 4.78 is 0. The number of nitrogens with zero attached hydrogens (tertiary/aromatic N) is 3. The maximum atomic E-state index is 8.95. The Morgan fingerprint density at radius 1 is 1.00 bits per heavy atom. The highest BCUT2D eigenvalue weighted by molar-refractivity contribution is 6.30. The summed E-state index contributed by atoms with van der Waals surface area (Å²) >= 11 is 5.88. The SMILES string of the molecule is N#Cc1cccc(Nc2cc(NCc3ccc(Cl)cc3)ncn2)c1. The van der Waals surface area contributed by atoms with Crippen molar-refractivity contribution in [3.63, 3.8) is 0 Å². The lowest BCUT2D eigenvalue weighted by Crippen LogP contribution is -2.03. The van der Waals surface area contributed by atoms with Gasteiger partial charge in [0.05, 0.1) is 11.6 Å². The zero-order valence-electron chi connectivity index (χ0n) is 12.7. The van der Waals surface area contributed by atoms with Gasteiger partial charge in [0, 0.05) is 23.3 Å². The van der Waals surface area contributed by atoms with E-state index in [9.17, 15) is 0 Å². The molecule has 3 aromatic rings. The molecule has 0 saturated heterocycles. The van der Waals surface area contributed by atoms with E-state index in [1.54, 1.807) is 12.1 Å². The summed E-state index contributed by atoms with van der Waals surface area (Å²) in [5.74, 6) is 1.36. The molecule has 2 N–H and O–H groups in total. The lowest BCUT2D eigenvalue weighted by Gasteiger charge is -2.09.